The first-order valence-corrected chi connectivity index (χ1v) is 8.90. The number of carbonyl (C=O) groups is 1. The molecule has 0 aliphatic carbocycles. The van der Waals surface area contributed by atoms with Gasteiger partial charge in [-0.05, 0) is 62.5 Å². The zero-order valence-electron chi connectivity index (χ0n) is 14.7. The molecule has 5 nitrogen and oxygen atoms in total. The third kappa shape index (κ3) is 3.73. The van der Waals surface area contributed by atoms with Gasteiger partial charge in [-0.15, -0.1) is 0 Å². The molecule has 1 spiro atoms. The average Bonchev–Trinajstić information content (AvgIpc) is 2.98. The van der Waals surface area contributed by atoms with Crippen LogP contribution >= 0.6 is 0 Å². The van der Waals surface area contributed by atoms with E-state index in [1.165, 1.54) is 0 Å². The van der Waals surface area contributed by atoms with Crippen molar-refractivity contribution in [2.45, 2.75) is 32.3 Å². The quantitative estimate of drug-likeness (QED) is 0.920. The van der Waals surface area contributed by atoms with Gasteiger partial charge in [-0.1, -0.05) is 6.92 Å². The topological polar surface area (TPSA) is 53.0 Å². The summed E-state index contributed by atoms with van der Waals surface area (Å²) in [5.74, 6) is 0.251. The lowest BCUT2D eigenvalue weighted by Gasteiger charge is -2.38. The van der Waals surface area contributed by atoms with Crippen molar-refractivity contribution >= 4 is 5.91 Å². The van der Waals surface area contributed by atoms with E-state index in [1.54, 1.807) is 24.3 Å². The van der Waals surface area contributed by atoms with Crippen LogP contribution in [0.1, 0.15) is 36.5 Å². The number of benzene rings is 1. The molecule has 0 aromatic heterocycles. The second-order valence-electron chi connectivity index (χ2n) is 7.33. The molecule has 0 bridgehead atoms. The molecule has 24 heavy (non-hydrogen) atoms. The van der Waals surface area contributed by atoms with Gasteiger partial charge in [0.15, 0.2) is 0 Å². The lowest BCUT2D eigenvalue weighted by Crippen LogP contribution is -2.43. The number of hydrogen-bond donors (Lipinski definition) is 1. The Kier molecular flexibility index (Phi) is 5.11. The largest absolute Gasteiger partial charge is 0.508 e. The van der Waals surface area contributed by atoms with Crippen molar-refractivity contribution < 1.29 is 14.6 Å². The number of likely N-dealkylation sites (tertiary alicyclic amines) is 1. The smallest absolute Gasteiger partial charge is 0.253 e. The number of carbonyl (C=O) groups excluding carboxylic acids is 1. The highest BCUT2D eigenvalue weighted by molar-refractivity contribution is 5.94. The van der Waals surface area contributed by atoms with Gasteiger partial charge in [0.2, 0.25) is 0 Å². The number of hydrogen-bond acceptors (Lipinski definition) is 4. The van der Waals surface area contributed by atoms with Gasteiger partial charge in [0.1, 0.15) is 5.75 Å². The van der Waals surface area contributed by atoms with Crippen molar-refractivity contribution in [2.24, 2.45) is 5.41 Å². The Morgan fingerprint density at radius 3 is 2.62 bits per heavy atom. The molecule has 1 atom stereocenters. The summed E-state index contributed by atoms with van der Waals surface area (Å²) in [4.78, 5) is 16.8. The lowest BCUT2D eigenvalue weighted by atomic mass is 9.76. The molecular formula is C19H28N2O3. The number of amides is 1. The summed E-state index contributed by atoms with van der Waals surface area (Å²) < 4.78 is 6.04. The number of phenolic OH excluding ortho intramolecular Hbond substituents is 1. The van der Waals surface area contributed by atoms with Crippen LogP contribution in [0.2, 0.25) is 0 Å². The van der Waals surface area contributed by atoms with Gasteiger partial charge in [0.05, 0.1) is 12.7 Å². The van der Waals surface area contributed by atoms with E-state index >= 15 is 0 Å². The van der Waals surface area contributed by atoms with Crippen LogP contribution in [-0.2, 0) is 4.74 Å². The molecule has 1 N–H and O–H groups in total. The van der Waals surface area contributed by atoms with Crippen molar-refractivity contribution in [3.8, 4) is 5.75 Å². The third-order valence-corrected chi connectivity index (χ3v) is 5.57. The van der Waals surface area contributed by atoms with Crippen LogP contribution in [0.4, 0.5) is 0 Å². The van der Waals surface area contributed by atoms with E-state index in [1.807, 2.05) is 4.90 Å². The monoisotopic (exact) mass is 332 g/mol. The van der Waals surface area contributed by atoms with E-state index < -0.39 is 0 Å². The van der Waals surface area contributed by atoms with E-state index in [-0.39, 0.29) is 17.1 Å². The number of piperidine rings is 1. The van der Waals surface area contributed by atoms with E-state index in [0.29, 0.717) is 11.7 Å². The van der Waals surface area contributed by atoms with Gasteiger partial charge in [0, 0.05) is 25.2 Å². The highest BCUT2D eigenvalue weighted by Gasteiger charge is 2.43. The maximum atomic E-state index is 12.6. The number of phenols is 1. The molecule has 0 saturated carbocycles. The van der Waals surface area contributed by atoms with Gasteiger partial charge in [-0.2, -0.15) is 0 Å². The second-order valence-corrected chi connectivity index (χ2v) is 7.33. The Labute approximate surface area is 144 Å². The Bertz CT molecular complexity index is 564. The first-order chi connectivity index (χ1) is 11.5. The predicted octanol–water partition coefficient (Wildman–Crippen LogP) is 2.36. The fourth-order valence-electron chi connectivity index (χ4n) is 3.81. The lowest BCUT2D eigenvalue weighted by molar-refractivity contribution is 0.0463. The van der Waals surface area contributed by atoms with Crippen LogP contribution in [0, 0.1) is 5.41 Å². The third-order valence-electron chi connectivity index (χ3n) is 5.57. The van der Waals surface area contributed by atoms with E-state index in [0.717, 1.165) is 52.0 Å². The van der Waals surface area contributed by atoms with E-state index in [2.05, 4.69) is 18.9 Å². The minimum absolute atomic E-state index is 0.0611. The Balaban J connectivity index is 1.54. The number of rotatable bonds is 4. The summed E-state index contributed by atoms with van der Waals surface area (Å²) in [6.07, 6.45) is 3.47. The standard InChI is InChI=1S/C19H28N2O3/c1-3-20(2)13-17-12-19(14-24-17)8-10-21(11-9-19)18(23)15-4-6-16(22)7-5-15/h4-7,17,22H,3,8-14H2,1-2H3/t17-/m1/s1. The summed E-state index contributed by atoms with van der Waals surface area (Å²) in [6, 6.07) is 6.52. The van der Waals surface area contributed by atoms with Crippen LogP contribution in [0.5, 0.6) is 5.75 Å². The van der Waals surface area contributed by atoms with Crippen LogP contribution in [0.15, 0.2) is 24.3 Å². The second kappa shape index (κ2) is 7.11. The average molecular weight is 332 g/mol. The molecule has 2 heterocycles. The van der Waals surface area contributed by atoms with Gasteiger partial charge in [-0.25, -0.2) is 0 Å². The molecule has 1 aromatic carbocycles. The van der Waals surface area contributed by atoms with Crippen molar-refractivity contribution in [2.75, 3.05) is 39.8 Å². The summed E-state index contributed by atoms with van der Waals surface area (Å²) >= 11 is 0. The van der Waals surface area contributed by atoms with Gasteiger partial charge in [-0.3, -0.25) is 4.79 Å². The molecule has 132 valence electrons. The highest BCUT2D eigenvalue weighted by atomic mass is 16.5. The Morgan fingerprint density at radius 2 is 2.00 bits per heavy atom. The Hall–Kier alpha value is -1.59. The zero-order chi connectivity index (χ0) is 17.2. The minimum Gasteiger partial charge on any atom is -0.508 e. The van der Waals surface area contributed by atoms with E-state index in [9.17, 15) is 9.90 Å². The summed E-state index contributed by atoms with van der Waals surface area (Å²) in [6.45, 7) is 6.61. The van der Waals surface area contributed by atoms with Crippen molar-refractivity contribution in [1.29, 1.82) is 0 Å². The van der Waals surface area contributed by atoms with Crippen molar-refractivity contribution in [1.82, 2.24) is 9.80 Å². The molecule has 0 radical (unpaired) electrons. The maximum absolute atomic E-state index is 12.6. The van der Waals surface area contributed by atoms with Gasteiger partial charge >= 0.3 is 0 Å². The molecule has 1 aromatic rings. The summed E-state index contributed by atoms with van der Waals surface area (Å²) in [5.41, 5.74) is 0.902. The fourth-order valence-corrected chi connectivity index (χ4v) is 3.81. The first-order valence-electron chi connectivity index (χ1n) is 8.90. The molecule has 0 unspecified atom stereocenters. The number of aromatic hydroxyl groups is 1. The van der Waals surface area contributed by atoms with Crippen molar-refractivity contribution in [3.05, 3.63) is 29.8 Å². The van der Waals surface area contributed by atoms with Crippen LogP contribution in [0.3, 0.4) is 0 Å². The Morgan fingerprint density at radius 1 is 1.33 bits per heavy atom. The zero-order valence-corrected chi connectivity index (χ0v) is 14.7. The first kappa shape index (κ1) is 17.2. The molecule has 3 rings (SSSR count). The number of nitrogens with zero attached hydrogens (tertiary/aromatic N) is 2. The van der Waals surface area contributed by atoms with Crippen LogP contribution in [-0.4, -0.2) is 66.8 Å². The van der Waals surface area contributed by atoms with Crippen molar-refractivity contribution in [3.63, 3.8) is 0 Å². The normalized spacial score (nSPS) is 23.1. The molecule has 1 amide bonds. The van der Waals surface area contributed by atoms with Gasteiger partial charge < -0.3 is 19.6 Å². The SMILES string of the molecule is CCN(C)C[C@H]1CC2(CCN(C(=O)c3ccc(O)cc3)CC2)CO1. The predicted molar refractivity (Wildman–Crippen MR) is 93.2 cm³/mol. The maximum Gasteiger partial charge on any atom is 0.253 e. The summed E-state index contributed by atoms with van der Waals surface area (Å²) in [7, 11) is 2.13. The molecule has 2 aliphatic rings. The molecule has 5 heteroatoms. The fraction of sp³-hybridized carbons (Fsp3) is 0.632. The molecular weight excluding hydrogens is 304 g/mol. The van der Waals surface area contributed by atoms with Gasteiger partial charge in [0.25, 0.3) is 5.91 Å². The van der Waals surface area contributed by atoms with E-state index in [4.69, 9.17) is 4.74 Å². The number of ether oxygens (including phenoxy) is 1. The molecule has 2 fully saturated rings. The summed E-state index contributed by atoms with van der Waals surface area (Å²) in [5, 5.41) is 9.35. The highest BCUT2D eigenvalue weighted by Crippen LogP contribution is 2.42. The minimum atomic E-state index is 0.0611. The number of likely N-dealkylation sites (N-methyl/N-ethyl adjacent to an activating group) is 1. The molecule has 2 aliphatic heterocycles. The van der Waals surface area contributed by atoms with Crippen LogP contribution in [0.25, 0.3) is 0 Å². The molecule has 2 saturated heterocycles. The van der Waals surface area contributed by atoms with Crippen LogP contribution < -0.4 is 0 Å².